The van der Waals surface area contributed by atoms with Crippen molar-refractivity contribution in [1.82, 2.24) is 9.78 Å². The number of amides is 1. The van der Waals surface area contributed by atoms with E-state index in [0.717, 1.165) is 0 Å². The van der Waals surface area contributed by atoms with E-state index in [4.69, 9.17) is 0 Å². The fraction of sp³-hybridized carbons (Fsp3) is 0.0769. The Bertz CT molecular complexity index is 646. The van der Waals surface area contributed by atoms with Crippen LogP contribution in [0.1, 0.15) is 31.3 Å². The molecule has 0 spiro atoms. The maximum atomic E-state index is 11.9. The molecule has 0 aliphatic carbocycles. The Morgan fingerprint density at radius 1 is 1.26 bits per heavy atom. The molecule has 0 aliphatic heterocycles. The van der Waals surface area contributed by atoms with Crippen molar-refractivity contribution in [3.05, 3.63) is 47.3 Å². The van der Waals surface area contributed by atoms with E-state index in [1.165, 1.54) is 10.7 Å². The standard InChI is InChI=1S/C13H11N3O3/c1-16-10(8-18)6-12(15-16)13(19)14-11-5-3-2-4-9(11)7-17/h2-8H,1H3,(H,14,19). The highest BCUT2D eigenvalue weighted by Crippen LogP contribution is 2.14. The molecule has 0 saturated heterocycles. The van der Waals surface area contributed by atoms with Crippen LogP contribution < -0.4 is 5.32 Å². The first-order valence-corrected chi connectivity index (χ1v) is 5.50. The van der Waals surface area contributed by atoms with Crippen LogP contribution in [-0.4, -0.2) is 28.3 Å². The lowest BCUT2D eigenvalue weighted by molar-refractivity contribution is 0.102. The monoisotopic (exact) mass is 257 g/mol. The first-order valence-electron chi connectivity index (χ1n) is 5.50. The average molecular weight is 257 g/mol. The number of aromatic nitrogens is 2. The number of hydrogen-bond acceptors (Lipinski definition) is 4. The molecule has 19 heavy (non-hydrogen) atoms. The van der Waals surface area contributed by atoms with Crippen LogP contribution in [0.4, 0.5) is 5.69 Å². The van der Waals surface area contributed by atoms with E-state index in [-0.39, 0.29) is 5.69 Å². The van der Waals surface area contributed by atoms with Gasteiger partial charge in [0.15, 0.2) is 18.3 Å². The normalized spacial score (nSPS) is 9.95. The number of carbonyl (C=O) groups excluding carboxylic acids is 3. The maximum Gasteiger partial charge on any atom is 0.276 e. The van der Waals surface area contributed by atoms with Gasteiger partial charge in [-0.05, 0) is 18.2 Å². The van der Waals surface area contributed by atoms with Crippen LogP contribution in [0, 0.1) is 0 Å². The number of nitrogens with zero attached hydrogens (tertiary/aromatic N) is 2. The second kappa shape index (κ2) is 5.26. The van der Waals surface area contributed by atoms with Gasteiger partial charge in [0, 0.05) is 12.6 Å². The predicted octanol–water partition coefficient (Wildman–Crippen LogP) is 1.30. The summed E-state index contributed by atoms with van der Waals surface area (Å²) in [6, 6.07) is 8.00. The summed E-state index contributed by atoms with van der Waals surface area (Å²) in [5, 5.41) is 6.50. The van der Waals surface area contributed by atoms with Crippen LogP contribution >= 0.6 is 0 Å². The van der Waals surface area contributed by atoms with Gasteiger partial charge in [0.2, 0.25) is 0 Å². The fourth-order valence-electron chi connectivity index (χ4n) is 1.60. The van der Waals surface area contributed by atoms with E-state index in [9.17, 15) is 14.4 Å². The highest BCUT2D eigenvalue weighted by Gasteiger charge is 2.13. The van der Waals surface area contributed by atoms with Crippen LogP contribution in [0.15, 0.2) is 30.3 Å². The van der Waals surface area contributed by atoms with Crippen LogP contribution in [0.2, 0.25) is 0 Å². The number of para-hydroxylation sites is 1. The van der Waals surface area contributed by atoms with E-state index in [0.29, 0.717) is 29.5 Å². The minimum absolute atomic E-state index is 0.116. The van der Waals surface area contributed by atoms with Crippen LogP contribution in [0.3, 0.4) is 0 Å². The highest BCUT2D eigenvalue weighted by molar-refractivity contribution is 6.05. The lowest BCUT2D eigenvalue weighted by Crippen LogP contribution is -2.14. The molecule has 0 aliphatic rings. The molecular weight excluding hydrogens is 246 g/mol. The molecule has 0 bridgehead atoms. The van der Waals surface area contributed by atoms with Crippen molar-refractivity contribution >= 4 is 24.2 Å². The van der Waals surface area contributed by atoms with Gasteiger partial charge in [-0.3, -0.25) is 19.1 Å². The predicted molar refractivity (Wildman–Crippen MR) is 68.4 cm³/mol. The first-order chi connectivity index (χ1) is 9.15. The van der Waals surface area contributed by atoms with Crippen molar-refractivity contribution < 1.29 is 14.4 Å². The van der Waals surface area contributed by atoms with Gasteiger partial charge in [-0.2, -0.15) is 5.10 Å². The summed E-state index contributed by atoms with van der Waals surface area (Å²) in [6.07, 6.45) is 1.27. The minimum Gasteiger partial charge on any atom is -0.320 e. The first kappa shape index (κ1) is 12.7. The summed E-state index contributed by atoms with van der Waals surface area (Å²) < 4.78 is 1.31. The van der Waals surface area contributed by atoms with E-state index < -0.39 is 5.91 Å². The molecular formula is C13H11N3O3. The zero-order valence-corrected chi connectivity index (χ0v) is 10.2. The van der Waals surface area contributed by atoms with E-state index in [1.54, 1.807) is 31.3 Å². The molecule has 0 radical (unpaired) electrons. The van der Waals surface area contributed by atoms with Crippen LogP contribution in [-0.2, 0) is 7.05 Å². The molecule has 0 unspecified atom stereocenters. The van der Waals surface area contributed by atoms with Gasteiger partial charge in [-0.1, -0.05) is 12.1 Å². The molecule has 1 heterocycles. The third-order valence-corrected chi connectivity index (χ3v) is 2.61. The molecule has 0 atom stereocenters. The number of benzene rings is 1. The Hall–Kier alpha value is -2.76. The van der Waals surface area contributed by atoms with Crippen molar-refractivity contribution in [2.45, 2.75) is 0 Å². The fourth-order valence-corrected chi connectivity index (χ4v) is 1.60. The number of aldehydes is 2. The maximum absolute atomic E-state index is 11.9. The molecule has 0 saturated carbocycles. The number of aryl methyl sites for hydroxylation is 1. The zero-order chi connectivity index (χ0) is 13.8. The van der Waals surface area contributed by atoms with Gasteiger partial charge in [0.25, 0.3) is 5.91 Å². The number of anilines is 1. The number of carbonyl (C=O) groups is 3. The Balaban J connectivity index is 2.25. The van der Waals surface area contributed by atoms with Crippen molar-refractivity contribution in [1.29, 1.82) is 0 Å². The summed E-state index contributed by atoms with van der Waals surface area (Å²) in [4.78, 5) is 33.5. The van der Waals surface area contributed by atoms with Gasteiger partial charge >= 0.3 is 0 Å². The third-order valence-electron chi connectivity index (χ3n) is 2.61. The summed E-state index contributed by atoms with van der Waals surface area (Å²) >= 11 is 0. The van der Waals surface area contributed by atoms with Crippen molar-refractivity contribution in [2.24, 2.45) is 7.05 Å². The lowest BCUT2D eigenvalue weighted by Gasteiger charge is -2.05. The Labute approximate surface area is 109 Å². The molecule has 1 N–H and O–H groups in total. The Kier molecular flexibility index (Phi) is 3.51. The second-order valence-corrected chi connectivity index (χ2v) is 3.86. The Morgan fingerprint density at radius 3 is 2.63 bits per heavy atom. The van der Waals surface area contributed by atoms with Gasteiger partial charge < -0.3 is 5.32 Å². The second-order valence-electron chi connectivity index (χ2n) is 3.86. The summed E-state index contributed by atoms with van der Waals surface area (Å²) in [7, 11) is 1.57. The SMILES string of the molecule is Cn1nc(C(=O)Nc2ccccc2C=O)cc1C=O. The summed E-state index contributed by atoms with van der Waals surface area (Å²) in [5.41, 5.74) is 1.20. The highest BCUT2D eigenvalue weighted by atomic mass is 16.2. The molecule has 6 heteroatoms. The quantitative estimate of drug-likeness (QED) is 0.837. The molecule has 1 amide bonds. The molecule has 1 aromatic carbocycles. The molecule has 0 fully saturated rings. The van der Waals surface area contributed by atoms with E-state index in [1.807, 2.05) is 0 Å². The topological polar surface area (TPSA) is 81.1 Å². The van der Waals surface area contributed by atoms with Gasteiger partial charge in [0.05, 0.1) is 5.69 Å². The molecule has 6 nitrogen and oxygen atoms in total. The lowest BCUT2D eigenvalue weighted by atomic mass is 10.2. The average Bonchev–Trinajstić information content (AvgIpc) is 2.80. The molecule has 1 aromatic heterocycles. The summed E-state index contributed by atoms with van der Waals surface area (Å²) in [5.74, 6) is -0.474. The zero-order valence-electron chi connectivity index (χ0n) is 10.2. The van der Waals surface area contributed by atoms with Crippen molar-refractivity contribution in [3.63, 3.8) is 0 Å². The Morgan fingerprint density at radius 2 is 2.00 bits per heavy atom. The molecule has 2 rings (SSSR count). The summed E-state index contributed by atoms with van der Waals surface area (Å²) in [6.45, 7) is 0. The van der Waals surface area contributed by atoms with Crippen LogP contribution in [0.25, 0.3) is 0 Å². The van der Waals surface area contributed by atoms with Crippen LogP contribution in [0.5, 0.6) is 0 Å². The number of rotatable bonds is 4. The minimum atomic E-state index is -0.474. The smallest absolute Gasteiger partial charge is 0.276 e. The largest absolute Gasteiger partial charge is 0.320 e. The number of hydrogen-bond donors (Lipinski definition) is 1. The van der Waals surface area contributed by atoms with Gasteiger partial charge in [-0.25, -0.2) is 0 Å². The van der Waals surface area contributed by atoms with Gasteiger partial charge in [-0.15, -0.1) is 0 Å². The third kappa shape index (κ3) is 2.57. The van der Waals surface area contributed by atoms with Crippen molar-refractivity contribution in [3.8, 4) is 0 Å². The molecule has 96 valence electrons. The van der Waals surface area contributed by atoms with Gasteiger partial charge in [0.1, 0.15) is 5.69 Å². The number of nitrogens with one attached hydrogen (secondary N) is 1. The van der Waals surface area contributed by atoms with E-state index >= 15 is 0 Å². The molecule has 2 aromatic rings. The van der Waals surface area contributed by atoms with Crippen molar-refractivity contribution in [2.75, 3.05) is 5.32 Å². The van der Waals surface area contributed by atoms with E-state index in [2.05, 4.69) is 10.4 Å².